The van der Waals surface area contributed by atoms with Gasteiger partial charge in [0, 0.05) is 26.7 Å². The van der Waals surface area contributed by atoms with Crippen molar-refractivity contribution in [3.63, 3.8) is 0 Å². The van der Waals surface area contributed by atoms with E-state index in [1.807, 2.05) is 42.5 Å². The maximum absolute atomic E-state index is 13.0. The number of nitrogens with zero attached hydrogens (tertiary/aromatic N) is 2. The van der Waals surface area contributed by atoms with Crippen molar-refractivity contribution in [2.45, 2.75) is 19.4 Å². The molecule has 200 valence electrons. The third kappa shape index (κ3) is 5.89. The van der Waals surface area contributed by atoms with Crippen LogP contribution in [-0.4, -0.2) is 41.8 Å². The summed E-state index contributed by atoms with van der Waals surface area (Å²) in [4.78, 5) is 30.9. The largest absolute Gasteiger partial charge is 0.493 e. The molecule has 39 heavy (non-hydrogen) atoms. The molecule has 1 N–H and O–H groups in total. The number of fused-ring (bicyclic) bond motifs is 1. The van der Waals surface area contributed by atoms with Crippen LogP contribution >= 0.6 is 0 Å². The van der Waals surface area contributed by atoms with Crippen LogP contribution in [0.25, 0.3) is 12.2 Å². The maximum Gasteiger partial charge on any atom is 0.274 e. The molecule has 0 aliphatic carbocycles. The van der Waals surface area contributed by atoms with Crippen LogP contribution in [0.3, 0.4) is 0 Å². The van der Waals surface area contributed by atoms with Gasteiger partial charge in [-0.3, -0.25) is 14.5 Å². The number of methoxy groups -OCH3 is 2. The SMILES string of the molecule is COc1cc2c(cc1OC)CN(CCc1ccc(C=c3[nH]c(=O)c(=Cc4ccccc4)n(C)c3=O)cc1)CC2. The number of ether oxygens (including phenoxy) is 2. The van der Waals surface area contributed by atoms with Crippen LogP contribution in [0.2, 0.25) is 0 Å². The number of aromatic amines is 1. The van der Waals surface area contributed by atoms with Crippen molar-refractivity contribution >= 4 is 12.2 Å². The van der Waals surface area contributed by atoms with Crippen LogP contribution in [-0.2, 0) is 26.4 Å². The molecule has 2 heterocycles. The highest BCUT2D eigenvalue weighted by molar-refractivity contribution is 5.50. The molecule has 3 aromatic carbocycles. The lowest BCUT2D eigenvalue weighted by Gasteiger charge is -2.29. The van der Waals surface area contributed by atoms with Crippen molar-refractivity contribution in [3.05, 3.63) is 126 Å². The van der Waals surface area contributed by atoms with Gasteiger partial charge < -0.3 is 19.0 Å². The highest BCUT2D eigenvalue weighted by atomic mass is 16.5. The quantitative estimate of drug-likeness (QED) is 0.403. The molecule has 0 unspecified atom stereocenters. The molecular formula is C32H33N3O4. The molecule has 0 spiro atoms. The summed E-state index contributed by atoms with van der Waals surface area (Å²) < 4.78 is 12.3. The van der Waals surface area contributed by atoms with Gasteiger partial charge in [-0.25, -0.2) is 0 Å². The second-order valence-electron chi connectivity index (χ2n) is 9.81. The summed E-state index contributed by atoms with van der Waals surface area (Å²) in [6.07, 6.45) is 5.35. The Labute approximate surface area is 227 Å². The van der Waals surface area contributed by atoms with Gasteiger partial charge >= 0.3 is 0 Å². The van der Waals surface area contributed by atoms with Crippen molar-refractivity contribution in [3.8, 4) is 11.5 Å². The summed E-state index contributed by atoms with van der Waals surface area (Å²) in [5.74, 6) is 1.55. The Hall–Kier alpha value is -4.36. The maximum atomic E-state index is 13.0. The van der Waals surface area contributed by atoms with Gasteiger partial charge in [-0.05, 0) is 64.9 Å². The minimum absolute atomic E-state index is 0.250. The van der Waals surface area contributed by atoms with Crippen molar-refractivity contribution in [2.24, 2.45) is 7.05 Å². The predicted molar refractivity (Wildman–Crippen MR) is 154 cm³/mol. The number of benzene rings is 3. The first-order chi connectivity index (χ1) is 18.9. The number of nitrogens with one attached hydrogen (secondary N) is 1. The summed E-state index contributed by atoms with van der Waals surface area (Å²) >= 11 is 0. The molecule has 5 rings (SSSR count). The minimum Gasteiger partial charge on any atom is -0.493 e. The van der Waals surface area contributed by atoms with E-state index in [9.17, 15) is 9.59 Å². The first-order valence-electron chi connectivity index (χ1n) is 13.1. The molecular weight excluding hydrogens is 490 g/mol. The number of rotatable bonds is 7. The standard InChI is InChI=1S/C32H33N3O4/c1-34-28(18-23-7-5-4-6-8-23)31(36)33-27(32(34)37)17-24-11-9-22(10-12-24)13-15-35-16-14-25-19-29(38-2)30(39-3)20-26(25)21-35/h4-12,17-20H,13-16,21H2,1-3H3,(H,33,36). The van der Waals surface area contributed by atoms with E-state index in [1.165, 1.54) is 21.3 Å². The van der Waals surface area contributed by atoms with E-state index in [1.54, 1.807) is 33.4 Å². The Morgan fingerprint density at radius 3 is 2.23 bits per heavy atom. The van der Waals surface area contributed by atoms with Crippen molar-refractivity contribution in [1.82, 2.24) is 14.5 Å². The first kappa shape index (κ1) is 26.3. The summed E-state index contributed by atoms with van der Waals surface area (Å²) in [5.41, 5.74) is 4.99. The predicted octanol–water partition coefficient (Wildman–Crippen LogP) is 2.35. The molecule has 0 bridgehead atoms. The highest BCUT2D eigenvalue weighted by Crippen LogP contribution is 2.33. The van der Waals surface area contributed by atoms with Gasteiger partial charge in [-0.15, -0.1) is 0 Å². The van der Waals surface area contributed by atoms with E-state index >= 15 is 0 Å². The molecule has 0 atom stereocenters. The molecule has 0 amide bonds. The van der Waals surface area contributed by atoms with Crippen LogP contribution in [0.15, 0.2) is 76.3 Å². The minimum atomic E-state index is -0.303. The lowest BCUT2D eigenvalue weighted by atomic mass is 9.98. The number of hydrogen-bond donors (Lipinski definition) is 1. The highest BCUT2D eigenvalue weighted by Gasteiger charge is 2.19. The molecule has 1 aliphatic rings. The zero-order valence-electron chi connectivity index (χ0n) is 22.6. The van der Waals surface area contributed by atoms with Crippen molar-refractivity contribution in [1.29, 1.82) is 0 Å². The van der Waals surface area contributed by atoms with E-state index in [0.29, 0.717) is 5.35 Å². The number of hydrogen-bond acceptors (Lipinski definition) is 5. The number of H-pyrrole nitrogens is 1. The van der Waals surface area contributed by atoms with Crippen LogP contribution < -0.4 is 31.3 Å². The summed E-state index contributed by atoms with van der Waals surface area (Å²) in [6.45, 7) is 2.84. The van der Waals surface area contributed by atoms with Crippen molar-refractivity contribution < 1.29 is 9.47 Å². The molecule has 7 heteroatoms. The normalized spacial score (nSPS) is 14.3. The van der Waals surface area contributed by atoms with Crippen LogP contribution in [0, 0.1) is 0 Å². The van der Waals surface area contributed by atoms with Gasteiger partial charge in [0.15, 0.2) is 11.5 Å². The molecule has 0 saturated carbocycles. The summed E-state index contributed by atoms with van der Waals surface area (Å²) in [5, 5.41) is 0.580. The summed E-state index contributed by atoms with van der Waals surface area (Å²) in [7, 11) is 4.96. The van der Waals surface area contributed by atoms with E-state index in [4.69, 9.17) is 9.47 Å². The second kappa shape index (κ2) is 11.6. The van der Waals surface area contributed by atoms with Crippen LogP contribution in [0.1, 0.15) is 27.8 Å². The zero-order chi connectivity index (χ0) is 27.4. The fraction of sp³-hybridized carbons (Fsp3) is 0.250. The Balaban J connectivity index is 1.28. The van der Waals surface area contributed by atoms with Gasteiger partial charge in [0.25, 0.3) is 11.1 Å². The van der Waals surface area contributed by atoms with E-state index < -0.39 is 0 Å². The van der Waals surface area contributed by atoms with E-state index in [2.05, 4.69) is 34.1 Å². The Kier molecular flexibility index (Phi) is 7.79. The Bertz CT molecular complexity index is 1700. The molecule has 1 aliphatic heterocycles. The van der Waals surface area contributed by atoms with Gasteiger partial charge in [0.05, 0.1) is 14.2 Å². The molecule has 0 saturated heterocycles. The van der Waals surface area contributed by atoms with Crippen molar-refractivity contribution in [2.75, 3.05) is 27.3 Å². The zero-order valence-corrected chi connectivity index (χ0v) is 22.6. The number of aromatic nitrogens is 2. The summed E-state index contributed by atoms with van der Waals surface area (Å²) in [6, 6.07) is 21.8. The third-order valence-electron chi connectivity index (χ3n) is 7.28. The third-order valence-corrected chi connectivity index (χ3v) is 7.28. The van der Waals surface area contributed by atoms with Gasteiger partial charge in [0.1, 0.15) is 10.7 Å². The van der Waals surface area contributed by atoms with Crippen LogP contribution in [0.4, 0.5) is 0 Å². The topological polar surface area (TPSA) is 76.6 Å². The molecule has 1 aromatic heterocycles. The Morgan fingerprint density at radius 1 is 0.872 bits per heavy atom. The van der Waals surface area contributed by atoms with Gasteiger partial charge in [0.2, 0.25) is 0 Å². The molecule has 4 aromatic rings. The van der Waals surface area contributed by atoms with Crippen LogP contribution in [0.5, 0.6) is 11.5 Å². The van der Waals surface area contributed by atoms with Gasteiger partial charge in [-0.1, -0.05) is 54.6 Å². The van der Waals surface area contributed by atoms with E-state index in [0.717, 1.165) is 55.1 Å². The average Bonchev–Trinajstić information content (AvgIpc) is 2.97. The smallest absolute Gasteiger partial charge is 0.274 e. The monoisotopic (exact) mass is 523 g/mol. The second-order valence-corrected chi connectivity index (χ2v) is 9.81. The lowest BCUT2D eigenvalue weighted by Crippen LogP contribution is -2.52. The fourth-order valence-electron chi connectivity index (χ4n) is 5.02. The average molecular weight is 524 g/mol. The molecule has 0 fully saturated rings. The first-order valence-corrected chi connectivity index (χ1v) is 13.1. The fourth-order valence-corrected chi connectivity index (χ4v) is 5.02. The van der Waals surface area contributed by atoms with Gasteiger partial charge in [-0.2, -0.15) is 0 Å². The Morgan fingerprint density at radius 2 is 1.54 bits per heavy atom. The molecule has 7 nitrogen and oxygen atoms in total. The van der Waals surface area contributed by atoms with E-state index in [-0.39, 0.29) is 16.5 Å². The lowest BCUT2D eigenvalue weighted by molar-refractivity contribution is 0.255. The molecule has 0 radical (unpaired) electrons.